The fourth-order valence-corrected chi connectivity index (χ4v) is 2.03. The molecule has 2 rings (SSSR count). The Balaban J connectivity index is 1.84. The number of nitrogens with one attached hydrogen (secondary N) is 2. The van der Waals surface area contributed by atoms with E-state index < -0.39 is 0 Å². The topological polar surface area (TPSA) is 50.4 Å². The minimum absolute atomic E-state index is 0.258. The SMILES string of the molecule is CCOc1ccc(CNNC(=O)c2ccccc2Cl)cc1. The summed E-state index contributed by atoms with van der Waals surface area (Å²) in [5.41, 5.74) is 6.99. The predicted molar refractivity (Wildman–Crippen MR) is 83.4 cm³/mol. The van der Waals surface area contributed by atoms with Crippen molar-refractivity contribution in [3.63, 3.8) is 0 Å². The molecule has 2 aromatic rings. The highest BCUT2D eigenvalue weighted by Gasteiger charge is 2.08. The summed E-state index contributed by atoms with van der Waals surface area (Å²) in [6.45, 7) is 3.10. The van der Waals surface area contributed by atoms with Gasteiger partial charge in [0.2, 0.25) is 0 Å². The number of ether oxygens (including phenoxy) is 1. The molecule has 0 heterocycles. The monoisotopic (exact) mass is 304 g/mol. The lowest BCUT2D eigenvalue weighted by molar-refractivity contribution is 0.0932. The number of carbonyl (C=O) groups excluding carboxylic acids is 1. The molecule has 0 aliphatic carbocycles. The summed E-state index contributed by atoms with van der Waals surface area (Å²) in [7, 11) is 0. The van der Waals surface area contributed by atoms with Crippen LogP contribution in [0.25, 0.3) is 0 Å². The second kappa shape index (κ2) is 7.67. The van der Waals surface area contributed by atoms with Crippen LogP contribution in [-0.4, -0.2) is 12.5 Å². The quantitative estimate of drug-likeness (QED) is 0.806. The Morgan fingerprint density at radius 3 is 2.52 bits per heavy atom. The molecule has 0 aliphatic rings. The highest BCUT2D eigenvalue weighted by molar-refractivity contribution is 6.33. The number of hydrogen-bond donors (Lipinski definition) is 2. The molecule has 0 spiro atoms. The average molecular weight is 305 g/mol. The van der Waals surface area contributed by atoms with Gasteiger partial charge >= 0.3 is 0 Å². The Labute approximate surface area is 129 Å². The molecule has 0 radical (unpaired) electrons. The van der Waals surface area contributed by atoms with Crippen molar-refractivity contribution in [1.82, 2.24) is 10.9 Å². The van der Waals surface area contributed by atoms with Gasteiger partial charge in [0.05, 0.1) is 17.2 Å². The molecule has 110 valence electrons. The minimum atomic E-state index is -0.258. The van der Waals surface area contributed by atoms with Crippen LogP contribution in [0.1, 0.15) is 22.8 Å². The summed E-state index contributed by atoms with van der Waals surface area (Å²) in [5, 5.41) is 0.429. The van der Waals surface area contributed by atoms with Crippen LogP contribution in [0.4, 0.5) is 0 Å². The van der Waals surface area contributed by atoms with Gasteiger partial charge in [-0.3, -0.25) is 10.2 Å². The van der Waals surface area contributed by atoms with Gasteiger partial charge in [0, 0.05) is 6.54 Å². The number of benzene rings is 2. The molecule has 2 N–H and O–H groups in total. The molecule has 0 saturated carbocycles. The Morgan fingerprint density at radius 2 is 1.86 bits per heavy atom. The van der Waals surface area contributed by atoms with Crippen LogP contribution in [0.5, 0.6) is 5.75 Å². The molecule has 1 amide bonds. The van der Waals surface area contributed by atoms with E-state index in [2.05, 4.69) is 10.9 Å². The Kier molecular flexibility index (Phi) is 5.60. The molecule has 0 aliphatic heterocycles. The van der Waals surface area contributed by atoms with E-state index in [1.807, 2.05) is 31.2 Å². The number of halogens is 1. The van der Waals surface area contributed by atoms with Crippen molar-refractivity contribution in [3.8, 4) is 5.75 Å². The van der Waals surface area contributed by atoms with E-state index >= 15 is 0 Å². The van der Waals surface area contributed by atoms with Crippen molar-refractivity contribution in [2.24, 2.45) is 0 Å². The fraction of sp³-hybridized carbons (Fsp3) is 0.188. The van der Waals surface area contributed by atoms with Crippen LogP contribution < -0.4 is 15.6 Å². The van der Waals surface area contributed by atoms with E-state index in [-0.39, 0.29) is 5.91 Å². The van der Waals surface area contributed by atoms with Crippen LogP contribution in [0, 0.1) is 0 Å². The van der Waals surface area contributed by atoms with E-state index in [1.165, 1.54) is 0 Å². The third-order valence-corrected chi connectivity index (χ3v) is 3.18. The zero-order valence-corrected chi connectivity index (χ0v) is 12.5. The van der Waals surface area contributed by atoms with Gasteiger partial charge in [-0.2, -0.15) is 0 Å². The zero-order chi connectivity index (χ0) is 15.1. The standard InChI is InChI=1S/C16H17ClN2O2/c1-2-21-13-9-7-12(8-10-13)11-18-19-16(20)14-5-3-4-6-15(14)17/h3-10,18H,2,11H2,1H3,(H,19,20). The molecule has 0 atom stereocenters. The first-order valence-electron chi connectivity index (χ1n) is 6.70. The summed E-state index contributed by atoms with van der Waals surface area (Å²) in [4.78, 5) is 11.9. The summed E-state index contributed by atoms with van der Waals surface area (Å²) >= 11 is 5.96. The summed E-state index contributed by atoms with van der Waals surface area (Å²) in [5.74, 6) is 0.577. The zero-order valence-electron chi connectivity index (χ0n) is 11.7. The third kappa shape index (κ3) is 4.48. The highest BCUT2D eigenvalue weighted by Crippen LogP contribution is 2.14. The molecule has 0 fully saturated rings. The fourth-order valence-electron chi connectivity index (χ4n) is 1.81. The van der Waals surface area contributed by atoms with Crippen LogP contribution >= 0.6 is 11.6 Å². The molecule has 0 unspecified atom stereocenters. The van der Waals surface area contributed by atoms with E-state index in [0.717, 1.165) is 11.3 Å². The third-order valence-electron chi connectivity index (χ3n) is 2.85. The van der Waals surface area contributed by atoms with Gasteiger partial charge in [-0.25, -0.2) is 5.43 Å². The molecule has 0 aromatic heterocycles. The number of hydrazine groups is 1. The van der Waals surface area contributed by atoms with Gasteiger partial charge < -0.3 is 4.74 Å². The second-order valence-electron chi connectivity index (χ2n) is 4.36. The highest BCUT2D eigenvalue weighted by atomic mass is 35.5. The van der Waals surface area contributed by atoms with Crippen molar-refractivity contribution < 1.29 is 9.53 Å². The van der Waals surface area contributed by atoms with Crippen molar-refractivity contribution in [3.05, 3.63) is 64.7 Å². The molecule has 2 aromatic carbocycles. The Morgan fingerprint density at radius 1 is 1.14 bits per heavy atom. The van der Waals surface area contributed by atoms with Gasteiger partial charge in [0.15, 0.2) is 0 Å². The average Bonchev–Trinajstić information content (AvgIpc) is 2.49. The summed E-state index contributed by atoms with van der Waals surface area (Å²) in [6, 6.07) is 14.6. The summed E-state index contributed by atoms with van der Waals surface area (Å²) in [6.07, 6.45) is 0. The first kappa shape index (κ1) is 15.4. The van der Waals surface area contributed by atoms with Crippen molar-refractivity contribution >= 4 is 17.5 Å². The molecule has 5 heteroatoms. The van der Waals surface area contributed by atoms with Gasteiger partial charge in [0.25, 0.3) is 5.91 Å². The van der Waals surface area contributed by atoms with Crippen molar-refractivity contribution in [1.29, 1.82) is 0 Å². The van der Waals surface area contributed by atoms with Gasteiger partial charge in [-0.15, -0.1) is 0 Å². The second-order valence-corrected chi connectivity index (χ2v) is 4.77. The van der Waals surface area contributed by atoms with Crippen molar-refractivity contribution in [2.75, 3.05) is 6.61 Å². The number of hydrogen-bond acceptors (Lipinski definition) is 3. The van der Waals surface area contributed by atoms with Gasteiger partial charge in [-0.05, 0) is 36.8 Å². The van der Waals surface area contributed by atoms with Crippen LogP contribution in [0.3, 0.4) is 0 Å². The lowest BCUT2D eigenvalue weighted by Crippen LogP contribution is -2.36. The predicted octanol–water partition coefficient (Wildman–Crippen LogP) is 3.17. The van der Waals surface area contributed by atoms with Crippen molar-refractivity contribution in [2.45, 2.75) is 13.5 Å². The van der Waals surface area contributed by atoms with E-state index in [1.54, 1.807) is 24.3 Å². The maximum Gasteiger partial charge on any atom is 0.266 e. The molecular weight excluding hydrogens is 288 g/mol. The lowest BCUT2D eigenvalue weighted by Gasteiger charge is -2.09. The normalized spacial score (nSPS) is 10.2. The first-order valence-corrected chi connectivity index (χ1v) is 7.08. The van der Waals surface area contributed by atoms with E-state index in [4.69, 9.17) is 16.3 Å². The van der Waals surface area contributed by atoms with E-state index in [0.29, 0.717) is 23.7 Å². The van der Waals surface area contributed by atoms with Gasteiger partial charge in [0.1, 0.15) is 5.75 Å². The van der Waals surface area contributed by atoms with Gasteiger partial charge in [-0.1, -0.05) is 35.9 Å². The lowest BCUT2D eigenvalue weighted by atomic mass is 10.2. The molecule has 4 nitrogen and oxygen atoms in total. The number of amides is 1. The Bertz CT molecular complexity index is 599. The largest absolute Gasteiger partial charge is 0.494 e. The molecular formula is C16H17ClN2O2. The summed E-state index contributed by atoms with van der Waals surface area (Å²) < 4.78 is 5.37. The van der Waals surface area contributed by atoms with Crippen LogP contribution in [-0.2, 0) is 6.54 Å². The van der Waals surface area contributed by atoms with Crippen LogP contribution in [0.15, 0.2) is 48.5 Å². The smallest absolute Gasteiger partial charge is 0.266 e. The van der Waals surface area contributed by atoms with E-state index in [9.17, 15) is 4.79 Å². The molecule has 0 saturated heterocycles. The maximum absolute atomic E-state index is 11.9. The maximum atomic E-state index is 11.9. The van der Waals surface area contributed by atoms with Crippen LogP contribution in [0.2, 0.25) is 5.02 Å². The Hall–Kier alpha value is -2.04. The number of carbonyl (C=O) groups is 1. The number of rotatable bonds is 6. The molecule has 0 bridgehead atoms. The molecule has 21 heavy (non-hydrogen) atoms. The minimum Gasteiger partial charge on any atom is -0.494 e. The first-order chi connectivity index (χ1) is 10.2.